The minimum absolute atomic E-state index is 0.0422. The number of methoxy groups -OCH3 is 1. The number of ether oxygens (including phenoxy) is 1. The average Bonchev–Trinajstić information content (AvgIpc) is 3.17. The molecule has 2 unspecified atom stereocenters. The summed E-state index contributed by atoms with van der Waals surface area (Å²) < 4.78 is 5.02. The second-order valence-electron chi connectivity index (χ2n) is 9.52. The van der Waals surface area contributed by atoms with Crippen molar-refractivity contribution in [2.45, 2.75) is 52.1 Å². The third-order valence-corrected chi connectivity index (χ3v) is 5.54. The molecule has 2 rings (SSSR count). The van der Waals surface area contributed by atoms with Gasteiger partial charge in [-0.2, -0.15) is 0 Å². The Morgan fingerprint density at radius 2 is 1.91 bits per heavy atom. The molecular weight excluding hydrogens is 408 g/mol. The molecule has 1 aromatic carbocycles. The van der Waals surface area contributed by atoms with Gasteiger partial charge < -0.3 is 25.6 Å². The molecular formula is C24H38N4O4. The van der Waals surface area contributed by atoms with Gasteiger partial charge in [0.1, 0.15) is 12.6 Å². The van der Waals surface area contributed by atoms with Crippen LogP contribution in [0.15, 0.2) is 30.3 Å². The number of nitrogens with two attached hydrogens (primary N) is 1. The van der Waals surface area contributed by atoms with Crippen LogP contribution in [0.4, 0.5) is 0 Å². The molecule has 2 atom stereocenters. The molecule has 1 fully saturated rings. The van der Waals surface area contributed by atoms with E-state index in [9.17, 15) is 14.4 Å². The fourth-order valence-electron chi connectivity index (χ4n) is 4.04. The number of carbonyl (C=O) groups is 3. The minimum atomic E-state index is -0.643. The van der Waals surface area contributed by atoms with Gasteiger partial charge in [-0.1, -0.05) is 51.1 Å². The Balaban J connectivity index is 2.23. The fourth-order valence-corrected chi connectivity index (χ4v) is 4.04. The molecule has 3 amide bonds. The number of likely N-dealkylation sites (tertiary alicyclic amines) is 1. The van der Waals surface area contributed by atoms with Crippen LogP contribution < -0.4 is 11.1 Å². The molecule has 1 heterocycles. The van der Waals surface area contributed by atoms with Crippen LogP contribution in [0.5, 0.6) is 0 Å². The summed E-state index contributed by atoms with van der Waals surface area (Å²) in [5.74, 6) is -0.455. The van der Waals surface area contributed by atoms with E-state index in [1.54, 1.807) is 4.90 Å². The molecule has 0 radical (unpaired) electrons. The number of amides is 3. The summed E-state index contributed by atoms with van der Waals surface area (Å²) in [5, 5.41) is 2.78. The van der Waals surface area contributed by atoms with Crippen LogP contribution in [0.2, 0.25) is 0 Å². The van der Waals surface area contributed by atoms with Crippen molar-refractivity contribution < 1.29 is 19.1 Å². The lowest BCUT2D eigenvalue weighted by Crippen LogP contribution is -2.48. The zero-order valence-electron chi connectivity index (χ0n) is 19.8. The van der Waals surface area contributed by atoms with Crippen molar-refractivity contribution in [2.75, 3.05) is 39.9 Å². The first kappa shape index (κ1) is 25.8. The second kappa shape index (κ2) is 12.0. The molecule has 8 heteroatoms. The van der Waals surface area contributed by atoms with Gasteiger partial charge in [-0.25, -0.2) is 0 Å². The molecule has 0 aromatic heterocycles. The highest BCUT2D eigenvalue weighted by Crippen LogP contribution is 2.27. The Kier molecular flexibility index (Phi) is 9.65. The summed E-state index contributed by atoms with van der Waals surface area (Å²) in [6.45, 7) is 7.51. The molecule has 32 heavy (non-hydrogen) atoms. The molecule has 8 nitrogen and oxygen atoms in total. The number of benzene rings is 1. The first-order chi connectivity index (χ1) is 15.2. The smallest absolute Gasteiger partial charge is 0.249 e. The van der Waals surface area contributed by atoms with Gasteiger partial charge in [-0.3, -0.25) is 14.4 Å². The van der Waals surface area contributed by atoms with Crippen LogP contribution in [0.25, 0.3) is 0 Å². The van der Waals surface area contributed by atoms with E-state index in [2.05, 4.69) is 5.32 Å². The van der Waals surface area contributed by atoms with E-state index in [1.807, 2.05) is 56.0 Å². The van der Waals surface area contributed by atoms with E-state index in [1.165, 1.54) is 7.11 Å². The highest BCUT2D eigenvalue weighted by atomic mass is 16.5. The predicted molar refractivity (Wildman–Crippen MR) is 124 cm³/mol. The summed E-state index contributed by atoms with van der Waals surface area (Å²) >= 11 is 0. The molecule has 1 aliphatic heterocycles. The molecule has 0 aliphatic carbocycles. The number of hydrogen-bond donors (Lipinski definition) is 2. The Morgan fingerprint density at radius 1 is 1.22 bits per heavy atom. The van der Waals surface area contributed by atoms with Crippen molar-refractivity contribution >= 4 is 17.7 Å². The molecule has 0 saturated carbocycles. The number of hydrogen-bond acceptors (Lipinski definition) is 5. The van der Waals surface area contributed by atoms with Gasteiger partial charge in [0.2, 0.25) is 17.7 Å². The number of nitrogens with one attached hydrogen (secondary N) is 1. The summed E-state index contributed by atoms with van der Waals surface area (Å²) in [6.07, 6.45) is 1.51. The van der Waals surface area contributed by atoms with Crippen molar-refractivity contribution in [3.63, 3.8) is 0 Å². The zero-order chi connectivity index (χ0) is 23.7. The lowest BCUT2D eigenvalue weighted by Gasteiger charge is -2.32. The monoisotopic (exact) mass is 446 g/mol. The van der Waals surface area contributed by atoms with E-state index in [0.29, 0.717) is 45.4 Å². The van der Waals surface area contributed by atoms with Crippen LogP contribution in [0.3, 0.4) is 0 Å². The van der Waals surface area contributed by atoms with Gasteiger partial charge in [0.05, 0.1) is 6.04 Å². The molecule has 0 spiro atoms. The Bertz CT molecular complexity index is 763. The van der Waals surface area contributed by atoms with E-state index in [4.69, 9.17) is 10.5 Å². The largest absolute Gasteiger partial charge is 0.375 e. The van der Waals surface area contributed by atoms with Crippen molar-refractivity contribution in [3.8, 4) is 0 Å². The summed E-state index contributed by atoms with van der Waals surface area (Å²) in [7, 11) is 1.45. The number of rotatable bonds is 10. The Hall–Kier alpha value is -2.45. The third-order valence-electron chi connectivity index (χ3n) is 5.54. The second-order valence-corrected chi connectivity index (χ2v) is 9.52. The molecule has 178 valence electrons. The normalized spacial score (nSPS) is 18.5. The summed E-state index contributed by atoms with van der Waals surface area (Å²) in [5.41, 5.74) is 6.50. The number of nitrogens with zero attached hydrogens (tertiary/aromatic N) is 2. The SMILES string of the molecule is COCC(=O)N1CC(N(CCc2ccccc2)C(=O)CC(C)(C)C)CC1C(=O)NCCN. The topological polar surface area (TPSA) is 105 Å². The third kappa shape index (κ3) is 7.60. The van der Waals surface area contributed by atoms with Crippen molar-refractivity contribution in [1.29, 1.82) is 0 Å². The number of carbonyl (C=O) groups excluding carboxylic acids is 3. The van der Waals surface area contributed by atoms with Gasteiger partial charge in [0.25, 0.3) is 0 Å². The zero-order valence-corrected chi connectivity index (χ0v) is 19.8. The maximum absolute atomic E-state index is 13.3. The molecule has 0 bridgehead atoms. The van der Waals surface area contributed by atoms with Gasteiger partial charge in [-0.15, -0.1) is 0 Å². The van der Waals surface area contributed by atoms with E-state index >= 15 is 0 Å². The first-order valence-electron chi connectivity index (χ1n) is 11.3. The highest BCUT2D eigenvalue weighted by Gasteiger charge is 2.43. The lowest BCUT2D eigenvalue weighted by atomic mass is 9.91. The fraction of sp³-hybridized carbons (Fsp3) is 0.625. The molecule has 1 aromatic rings. The van der Waals surface area contributed by atoms with E-state index in [-0.39, 0.29) is 35.8 Å². The molecule has 1 saturated heterocycles. The molecule has 3 N–H and O–H groups in total. The van der Waals surface area contributed by atoms with E-state index in [0.717, 1.165) is 5.56 Å². The van der Waals surface area contributed by atoms with Gasteiger partial charge in [0.15, 0.2) is 0 Å². The maximum atomic E-state index is 13.3. The lowest BCUT2D eigenvalue weighted by molar-refractivity contribution is -0.141. The van der Waals surface area contributed by atoms with Crippen molar-refractivity contribution in [2.24, 2.45) is 11.1 Å². The van der Waals surface area contributed by atoms with Crippen molar-refractivity contribution in [3.05, 3.63) is 35.9 Å². The predicted octanol–water partition coefficient (Wildman–Crippen LogP) is 1.18. The standard InChI is InChI=1S/C24H38N4O4/c1-24(2,3)15-21(29)27(13-10-18-8-6-5-7-9-18)19-14-20(23(31)26-12-11-25)28(16-19)22(30)17-32-4/h5-9,19-20H,10-17,25H2,1-4H3,(H,26,31). The summed E-state index contributed by atoms with van der Waals surface area (Å²) in [6, 6.07) is 9.13. The quantitative estimate of drug-likeness (QED) is 0.562. The average molecular weight is 447 g/mol. The van der Waals surface area contributed by atoms with Gasteiger partial charge in [0, 0.05) is 39.7 Å². The van der Waals surface area contributed by atoms with Crippen LogP contribution in [-0.2, 0) is 25.5 Å². The maximum Gasteiger partial charge on any atom is 0.249 e. The van der Waals surface area contributed by atoms with Crippen molar-refractivity contribution in [1.82, 2.24) is 15.1 Å². The van der Waals surface area contributed by atoms with Gasteiger partial charge in [-0.05, 0) is 23.8 Å². The van der Waals surface area contributed by atoms with Crippen LogP contribution >= 0.6 is 0 Å². The summed E-state index contributed by atoms with van der Waals surface area (Å²) in [4.78, 5) is 42.1. The van der Waals surface area contributed by atoms with Gasteiger partial charge >= 0.3 is 0 Å². The minimum Gasteiger partial charge on any atom is -0.375 e. The highest BCUT2D eigenvalue weighted by molar-refractivity contribution is 5.89. The van der Waals surface area contributed by atoms with Crippen LogP contribution in [-0.4, -0.2) is 79.5 Å². The Morgan fingerprint density at radius 3 is 2.50 bits per heavy atom. The van der Waals surface area contributed by atoms with E-state index < -0.39 is 6.04 Å². The Labute approximate surface area is 191 Å². The van der Waals surface area contributed by atoms with Crippen LogP contribution in [0, 0.1) is 5.41 Å². The molecule has 1 aliphatic rings. The van der Waals surface area contributed by atoms with Crippen LogP contribution in [0.1, 0.15) is 39.2 Å². The first-order valence-corrected chi connectivity index (χ1v) is 11.3.